The van der Waals surface area contributed by atoms with Crippen LogP contribution < -0.4 is 10.2 Å². The van der Waals surface area contributed by atoms with Gasteiger partial charge in [0.15, 0.2) is 0 Å². The number of pyridine rings is 1. The first-order chi connectivity index (χ1) is 12.5. The summed E-state index contributed by atoms with van der Waals surface area (Å²) in [4.78, 5) is 20.7. The molecular weight excluding hydrogens is 330 g/mol. The second-order valence-corrected chi connectivity index (χ2v) is 6.77. The number of rotatable bonds is 4. The van der Waals surface area contributed by atoms with E-state index < -0.39 is 0 Å². The average molecular weight is 353 g/mol. The van der Waals surface area contributed by atoms with E-state index in [-0.39, 0.29) is 6.03 Å². The molecule has 1 saturated heterocycles. The third-order valence-corrected chi connectivity index (χ3v) is 4.20. The lowest BCUT2D eigenvalue weighted by molar-refractivity contribution is 0.208. The summed E-state index contributed by atoms with van der Waals surface area (Å²) in [6.07, 6.45) is 5.11. The van der Waals surface area contributed by atoms with Gasteiger partial charge >= 0.3 is 6.03 Å². The van der Waals surface area contributed by atoms with E-state index in [0.717, 1.165) is 12.4 Å². The van der Waals surface area contributed by atoms with Crippen LogP contribution in [-0.2, 0) is 6.54 Å². The molecule has 1 aliphatic rings. The lowest BCUT2D eigenvalue weighted by Gasteiger charge is -2.35. The Bertz CT molecular complexity index is 783. The van der Waals surface area contributed by atoms with Crippen LogP contribution >= 0.6 is 0 Å². The van der Waals surface area contributed by atoms with Gasteiger partial charge in [-0.1, -0.05) is 13.8 Å². The molecule has 0 aliphatic carbocycles. The number of hydrogen-bond donors (Lipinski definition) is 1. The molecule has 0 aromatic carbocycles. The lowest BCUT2D eigenvalue weighted by Crippen LogP contribution is -2.50. The van der Waals surface area contributed by atoms with Crippen LogP contribution in [-0.4, -0.2) is 51.9 Å². The largest absolute Gasteiger partial charge is 0.353 e. The molecule has 1 fully saturated rings. The zero-order valence-electron chi connectivity index (χ0n) is 15.1. The number of amides is 2. The zero-order chi connectivity index (χ0) is 18.5. The Morgan fingerprint density at radius 3 is 2.65 bits per heavy atom. The number of anilines is 2. The molecule has 0 atom stereocenters. The summed E-state index contributed by atoms with van der Waals surface area (Å²) in [5.41, 5.74) is 1.26. The van der Waals surface area contributed by atoms with Gasteiger partial charge in [-0.2, -0.15) is 10.4 Å². The first kappa shape index (κ1) is 17.7. The van der Waals surface area contributed by atoms with E-state index in [4.69, 9.17) is 5.26 Å². The van der Waals surface area contributed by atoms with E-state index >= 15 is 0 Å². The number of hydrogen-bond acceptors (Lipinski definition) is 5. The molecule has 26 heavy (non-hydrogen) atoms. The smallest absolute Gasteiger partial charge is 0.322 e. The number of carbonyl (C=O) groups excluding carboxylic acids is 1. The Balaban J connectivity index is 1.51. The summed E-state index contributed by atoms with van der Waals surface area (Å²) in [6.45, 7) is 7.73. The quantitative estimate of drug-likeness (QED) is 0.910. The van der Waals surface area contributed by atoms with E-state index in [1.165, 1.54) is 0 Å². The van der Waals surface area contributed by atoms with Crippen LogP contribution in [0.3, 0.4) is 0 Å². The third-order valence-electron chi connectivity index (χ3n) is 4.20. The molecule has 3 heterocycles. The number of urea groups is 1. The summed E-state index contributed by atoms with van der Waals surface area (Å²) < 4.78 is 1.84. The molecule has 8 nitrogen and oxygen atoms in total. The molecule has 0 radical (unpaired) electrons. The molecule has 0 spiro atoms. The zero-order valence-corrected chi connectivity index (χ0v) is 15.1. The maximum absolute atomic E-state index is 12.4. The number of aromatic nitrogens is 3. The van der Waals surface area contributed by atoms with E-state index in [1.54, 1.807) is 23.4 Å². The van der Waals surface area contributed by atoms with E-state index in [0.29, 0.717) is 43.3 Å². The fourth-order valence-electron chi connectivity index (χ4n) is 2.88. The fourth-order valence-corrected chi connectivity index (χ4v) is 2.88. The first-order valence-electron chi connectivity index (χ1n) is 8.74. The molecule has 0 saturated carbocycles. The Morgan fingerprint density at radius 2 is 2.04 bits per heavy atom. The van der Waals surface area contributed by atoms with Gasteiger partial charge in [0.05, 0.1) is 17.4 Å². The van der Waals surface area contributed by atoms with Gasteiger partial charge in [0, 0.05) is 45.1 Å². The standard InChI is InChI=1S/C18H23N7O/c1-14(2)12-25-13-16(11-21-25)22-18(26)24-7-5-23(6-8-24)17-4-3-15(9-19)10-20-17/h3-4,10-11,13-14H,5-8,12H2,1-2H3,(H,22,26). The summed E-state index contributed by atoms with van der Waals surface area (Å²) >= 11 is 0. The highest BCUT2D eigenvalue weighted by Crippen LogP contribution is 2.15. The van der Waals surface area contributed by atoms with Gasteiger partial charge in [-0.3, -0.25) is 4.68 Å². The van der Waals surface area contributed by atoms with Gasteiger partial charge in [0.1, 0.15) is 11.9 Å². The van der Waals surface area contributed by atoms with Crippen molar-refractivity contribution in [2.24, 2.45) is 5.92 Å². The van der Waals surface area contributed by atoms with Crippen LogP contribution in [0.1, 0.15) is 19.4 Å². The molecule has 2 amide bonds. The molecule has 1 aliphatic heterocycles. The van der Waals surface area contributed by atoms with Gasteiger partial charge in [-0.05, 0) is 18.1 Å². The molecule has 2 aromatic rings. The highest BCUT2D eigenvalue weighted by Gasteiger charge is 2.22. The first-order valence-corrected chi connectivity index (χ1v) is 8.74. The minimum atomic E-state index is -0.110. The summed E-state index contributed by atoms with van der Waals surface area (Å²) in [7, 11) is 0. The van der Waals surface area contributed by atoms with E-state index in [2.05, 4.69) is 40.2 Å². The molecule has 0 unspecified atom stereocenters. The molecule has 3 rings (SSSR count). The monoisotopic (exact) mass is 353 g/mol. The summed E-state index contributed by atoms with van der Waals surface area (Å²) in [6, 6.07) is 5.56. The number of nitrogens with zero attached hydrogens (tertiary/aromatic N) is 6. The van der Waals surface area contributed by atoms with Crippen molar-refractivity contribution < 1.29 is 4.79 Å². The molecular formula is C18H23N7O. The van der Waals surface area contributed by atoms with Crippen molar-refractivity contribution in [2.45, 2.75) is 20.4 Å². The van der Waals surface area contributed by atoms with Gasteiger partial charge in [-0.15, -0.1) is 0 Å². The Hall–Kier alpha value is -3.08. The van der Waals surface area contributed by atoms with Crippen LogP contribution in [0, 0.1) is 17.2 Å². The Morgan fingerprint density at radius 1 is 1.27 bits per heavy atom. The number of carbonyl (C=O) groups is 1. The van der Waals surface area contributed by atoms with Gasteiger partial charge in [0.25, 0.3) is 0 Å². The van der Waals surface area contributed by atoms with Crippen molar-refractivity contribution in [3.63, 3.8) is 0 Å². The van der Waals surface area contributed by atoms with Crippen molar-refractivity contribution in [1.29, 1.82) is 5.26 Å². The number of nitrogens with one attached hydrogen (secondary N) is 1. The van der Waals surface area contributed by atoms with Crippen molar-refractivity contribution in [3.8, 4) is 6.07 Å². The molecule has 8 heteroatoms. The average Bonchev–Trinajstić information content (AvgIpc) is 3.08. The molecule has 136 valence electrons. The Kier molecular flexibility index (Phi) is 5.37. The predicted octanol–water partition coefficient (Wildman–Crippen LogP) is 2.16. The van der Waals surface area contributed by atoms with Crippen molar-refractivity contribution in [3.05, 3.63) is 36.3 Å². The lowest BCUT2D eigenvalue weighted by atomic mass is 10.2. The maximum Gasteiger partial charge on any atom is 0.322 e. The molecule has 1 N–H and O–H groups in total. The normalized spacial score (nSPS) is 14.4. The van der Waals surface area contributed by atoms with E-state index in [1.807, 2.05) is 16.9 Å². The number of piperazine rings is 1. The van der Waals surface area contributed by atoms with Gasteiger partial charge in [-0.25, -0.2) is 9.78 Å². The number of nitriles is 1. The molecule has 2 aromatic heterocycles. The van der Waals surface area contributed by atoms with Crippen LogP contribution in [0.15, 0.2) is 30.7 Å². The van der Waals surface area contributed by atoms with Crippen molar-refractivity contribution in [2.75, 3.05) is 36.4 Å². The van der Waals surface area contributed by atoms with Crippen LogP contribution in [0.2, 0.25) is 0 Å². The second kappa shape index (κ2) is 7.87. The topological polar surface area (TPSA) is 90.1 Å². The fraction of sp³-hybridized carbons (Fsp3) is 0.444. The Labute approximate surface area is 153 Å². The second-order valence-electron chi connectivity index (χ2n) is 6.77. The highest BCUT2D eigenvalue weighted by atomic mass is 16.2. The van der Waals surface area contributed by atoms with Crippen LogP contribution in [0.4, 0.5) is 16.3 Å². The minimum absolute atomic E-state index is 0.110. The minimum Gasteiger partial charge on any atom is -0.353 e. The molecule has 0 bridgehead atoms. The van der Waals surface area contributed by atoms with Gasteiger partial charge in [0.2, 0.25) is 0 Å². The van der Waals surface area contributed by atoms with Crippen LogP contribution in [0.5, 0.6) is 0 Å². The van der Waals surface area contributed by atoms with Crippen molar-refractivity contribution >= 4 is 17.5 Å². The maximum atomic E-state index is 12.4. The van der Waals surface area contributed by atoms with Gasteiger partial charge < -0.3 is 15.1 Å². The van der Waals surface area contributed by atoms with Crippen molar-refractivity contribution in [1.82, 2.24) is 19.7 Å². The SMILES string of the molecule is CC(C)Cn1cc(NC(=O)N2CCN(c3ccc(C#N)cn3)CC2)cn1. The summed E-state index contributed by atoms with van der Waals surface area (Å²) in [5, 5.41) is 16.0. The highest BCUT2D eigenvalue weighted by molar-refractivity contribution is 5.89. The third kappa shape index (κ3) is 4.30. The van der Waals surface area contributed by atoms with Crippen LogP contribution in [0.25, 0.3) is 0 Å². The van der Waals surface area contributed by atoms with E-state index in [9.17, 15) is 4.79 Å². The summed E-state index contributed by atoms with van der Waals surface area (Å²) in [5.74, 6) is 1.33. The predicted molar refractivity (Wildman–Crippen MR) is 98.8 cm³/mol.